The summed E-state index contributed by atoms with van der Waals surface area (Å²) in [6.45, 7) is -0.210. The van der Waals surface area contributed by atoms with Gasteiger partial charge in [0.25, 0.3) is 11.1 Å². The zero-order valence-electron chi connectivity index (χ0n) is 11.2. The van der Waals surface area contributed by atoms with Crippen LogP contribution in [0.2, 0.25) is 0 Å². The molecule has 0 aromatic heterocycles. The van der Waals surface area contributed by atoms with Gasteiger partial charge in [0, 0.05) is 12.2 Å². The van der Waals surface area contributed by atoms with E-state index < -0.39 is 28.5 Å². The average molecular weight is 324 g/mol. The molecule has 1 aromatic rings. The van der Waals surface area contributed by atoms with Crippen LogP contribution in [0.3, 0.4) is 0 Å². The summed E-state index contributed by atoms with van der Waals surface area (Å²) < 4.78 is 0. The van der Waals surface area contributed by atoms with Crippen LogP contribution in [-0.2, 0) is 9.59 Å². The zero-order chi connectivity index (χ0) is 16.3. The summed E-state index contributed by atoms with van der Waals surface area (Å²) in [6.07, 6.45) is -0.337. The van der Waals surface area contributed by atoms with Gasteiger partial charge in [0.15, 0.2) is 5.37 Å². The highest BCUT2D eigenvalue weighted by atomic mass is 32.2. The van der Waals surface area contributed by atoms with E-state index in [0.29, 0.717) is 11.8 Å². The lowest BCUT2D eigenvalue weighted by Gasteiger charge is -2.15. The van der Waals surface area contributed by atoms with Crippen molar-refractivity contribution in [2.45, 2.75) is 11.8 Å². The van der Waals surface area contributed by atoms with Crippen LogP contribution in [0, 0.1) is 0 Å². The Kier molecular flexibility index (Phi) is 4.66. The molecule has 0 unspecified atom stereocenters. The number of carboxylic acids is 2. The Morgan fingerprint density at radius 1 is 1.23 bits per heavy atom. The first-order chi connectivity index (χ1) is 10.4. The summed E-state index contributed by atoms with van der Waals surface area (Å²) in [5, 5.41) is 18.9. The highest BCUT2D eigenvalue weighted by Crippen LogP contribution is 2.29. The molecule has 8 nitrogen and oxygen atoms in total. The summed E-state index contributed by atoms with van der Waals surface area (Å²) in [7, 11) is 0. The van der Waals surface area contributed by atoms with Crippen LogP contribution in [0.25, 0.3) is 0 Å². The number of para-hydroxylation sites is 1. The van der Waals surface area contributed by atoms with Crippen molar-refractivity contribution in [1.82, 2.24) is 4.90 Å². The Labute approximate surface area is 129 Å². The van der Waals surface area contributed by atoms with Gasteiger partial charge in [-0.25, -0.2) is 4.79 Å². The number of carbonyl (C=O) groups excluding carboxylic acids is 2. The van der Waals surface area contributed by atoms with Gasteiger partial charge in [0.2, 0.25) is 0 Å². The molecule has 0 saturated carbocycles. The Morgan fingerprint density at radius 3 is 2.55 bits per heavy atom. The number of nitrogens with zero attached hydrogens (tertiary/aromatic N) is 1. The SMILES string of the molecule is O=C(O)CCN1C(=O)S[C@@H](Nc2ccccc2C(=O)O)C1=O. The van der Waals surface area contributed by atoms with E-state index >= 15 is 0 Å². The van der Waals surface area contributed by atoms with E-state index in [1.54, 1.807) is 12.1 Å². The van der Waals surface area contributed by atoms with Gasteiger partial charge in [-0.2, -0.15) is 0 Å². The fourth-order valence-corrected chi connectivity index (χ4v) is 2.81. The van der Waals surface area contributed by atoms with Crippen molar-refractivity contribution >= 4 is 40.5 Å². The Hall–Kier alpha value is -2.55. The van der Waals surface area contributed by atoms with Crippen LogP contribution in [0.4, 0.5) is 10.5 Å². The smallest absolute Gasteiger partial charge is 0.337 e. The minimum absolute atomic E-state index is 0.0210. The van der Waals surface area contributed by atoms with E-state index in [-0.39, 0.29) is 24.2 Å². The molecule has 3 N–H and O–H groups in total. The second-order valence-electron chi connectivity index (χ2n) is 4.39. The lowest BCUT2D eigenvalue weighted by atomic mass is 10.2. The molecular weight excluding hydrogens is 312 g/mol. The van der Waals surface area contributed by atoms with Crippen LogP contribution in [-0.4, -0.2) is 50.1 Å². The molecular formula is C13H12N2O6S. The first kappa shape index (κ1) is 15.8. The number of carboxylic acid groups (broad SMARTS) is 2. The van der Waals surface area contributed by atoms with Gasteiger partial charge >= 0.3 is 11.9 Å². The van der Waals surface area contributed by atoms with E-state index in [1.807, 2.05) is 0 Å². The van der Waals surface area contributed by atoms with Crippen molar-refractivity contribution in [2.75, 3.05) is 11.9 Å². The van der Waals surface area contributed by atoms with Crippen molar-refractivity contribution in [3.05, 3.63) is 29.8 Å². The van der Waals surface area contributed by atoms with Gasteiger partial charge in [0.1, 0.15) is 0 Å². The fourth-order valence-electron chi connectivity index (χ4n) is 1.88. The lowest BCUT2D eigenvalue weighted by Crippen LogP contribution is -2.36. The molecule has 2 amide bonds. The highest BCUT2D eigenvalue weighted by molar-refractivity contribution is 8.15. The molecule has 1 aromatic carbocycles. The van der Waals surface area contributed by atoms with Gasteiger partial charge < -0.3 is 15.5 Å². The first-order valence-electron chi connectivity index (χ1n) is 6.23. The molecule has 1 saturated heterocycles. The molecule has 0 bridgehead atoms. The molecule has 9 heteroatoms. The van der Waals surface area contributed by atoms with Crippen LogP contribution >= 0.6 is 11.8 Å². The summed E-state index contributed by atoms with van der Waals surface area (Å²) in [5.74, 6) is -2.86. The molecule has 0 spiro atoms. The fraction of sp³-hybridized carbons (Fsp3) is 0.231. The third kappa shape index (κ3) is 3.37. The van der Waals surface area contributed by atoms with E-state index in [4.69, 9.17) is 10.2 Å². The molecule has 0 aliphatic carbocycles. The summed E-state index contributed by atoms with van der Waals surface area (Å²) in [6, 6.07) is 6.01. The van der Waals surface area contributed by atoms with Crippen LogP contribution in [0.5, 0.6) is 0 Å². The number of imide groups is 1. The maximum Gasteiger partial charge on any atom is 0.337 e. The highest BCUT2D eigenvalue weighted by Gasteiger charge is 2.40. The number of nitrogens with one attached hydrogen (secondary N) is 1. The topological polar surface area (TPSA) is 124 Å². The van der Waals surface area contributed by atoms with Crippen molar-refractivity contribution in [3.8, 4) is 0 Å². The van der Waals surface area contributed by atoms with Gasteiger partial charge in [-0.3, -0.25) is 19.3 Å². The Bertz CT molecular complexity index is 647. The summed E-state index contributed by atoms with van der Waals surface area (Å²) in [4.78, 5) is 46.3. The van der Waals surface area contributed by atoms with Crippen LogP contribution < -0.4 is 5.32 Å². The van der Waals surface area contributed by atoms with Crippen molar-refractivity contribution < 1.29 is 29.4 Å². The van der Waals surface area contributed by atoms with Gasteiger partial charge in [-0.15, -0.1) is 0 Å². The van der Waals surface area contributed by atoms with Gasteiger partial charge in [-0.05, 0) is 23.9 Å². The largest absolute Gasteiger partial charge is 0.481 e. The predicted octanol–water partition coefficient (Wildman–Crippen LogP) is 1.29. The van der Waals surface area contributed by atoms with E-state index in [2.05, 4.69) is 5.32 Å². The normalized spacial score (nSPS) is 17.6. The second-order valence-corrected chi connectivity index (χ2v) is 5.45. The Balaban J connectivity index is 2.12. The minimum atomic E-state index is -1.16. The third-order valence-electron chi connectivity index (χ3n) is 2.92. The number of benzene rings is 1. The van der Waals surface area contributed by atoms with Gasteiger partial charge in [0.05, 0.1) is 12.0 Å². The number of rotatable bonds is 6. The molecule has 1 atom stereocenters. The number of carbonyl (C=O) groups is 4. The standard InChI is InChI=1S/C13H12N2O6S/c16-9(17)5-6-15-11(18)10(22-13(15)21)14-8-4-2-1-3-7(8)12(19)20/h1-4,10,14H,5-6H2,(H,16,17)(H,19,20)/t10-/m1/s1. The van der Waals surface area contributed by atoms with E-state index in [0.717, 1.165) is 4.90 Å². The third-order valence-corrected chi connectivity index (χ3v) is 3.90. The number of thioether (sulfide) groups is 1. The van der Waals surface area contributed by atoms with E-state index in [9.17, 15) is 19.2 Å². The number of aromatic carboxylic acids is 1. The molecule has 1 aliphatic rings. The molecule has 116 valence electrons. The number of hydrogen-bond acceptors (Lipinski definition) is 6. The minimum Gasteiger partial charge on any atom is -0.481 e. The van der Waals surface area contributed by atoms with Crippen LogP contribution in [0.15, 0.2) is 24.3 Å². The maximum absolute atomic E-state index is 12.1. The first-order valence-corrected chi connectivity index (χ1v) is 7.10. The lowest BCUT2D eigenvalue weighted by molar-refractivity contribution is -0.137. The summed E-state index contributed by atoms with van der Waals surface area (Å²) >= 11 is 0.689. The zero-order valence-corrected chi connectivity index (χ0v) is 12.0. The molecule has 1 fully saturated rings. The monoisotopic (exact) mass is 324 g/mol. The maximum atomic E-state index is 12.1. The predicted molar refractivity (Wildman–Crippen MR) is 77.8 cm³/mol. The van der Waals surface area contributed by atoms with Crippen molar-refractivity contribution in [3.63, 3.8) is 0 Å². The molecule has 0 radical (unpaired) electrons. The quantitative estimate of drug-likeness (QED) is 0.715. The number of amides is 2. The summed E-state index contributed by atoms with van der Waals surface area (Å²) in [5.41, 5.74) is 0.195. The molecule has 22 heavy (non-hydrogen) atoms. The average Bonchev–Trinajstić information content (AvgIpc) is 2.71. The van der Waals surface area contributed by atoms with Gasteiger partial charge in [-0.1, -0.05) is 12.1 Å². The van der Waals surface area contributed by atoms with E-state index in [1.165, 1.54) is 12.1 Å². The van der Waals surface area contributed by atoms with Crippen LogP contribution in [0.1, 0.15) is 16.8 Å². The molecule has 2 rings (SSSR count). The number of hydrogen-bond donors (Lipinski definition) is 3. The number of aliphatic carboxylic acids is 1. The van der Waals surface area contributed by atoms with Crippen molar-refractivity contribution in [2.24, 2.45) is 0 Å². The molecule has 1 heterocycles. The Morgan fingerprint density at radius 2 is 1.91 bits per heavy atom. The van der Waals surface area contributed by atoms with Crippen molar-refractivity contribution in [1.29, 1.82) is 0 Å². The second kappa shape index (κ2) is 6.48. The molecule has 1 aliphatic heterocycles. The number of anilines is 1.